The van der Waals surface area contributed by atoms with E-state index < -0.39 is 17.1 Å². The van der Waals surface area contributed by atoms with E-state index in [-0.39, 0.29) is 12.6 Å². The fourth-order valence-electron chi connectivity index (χ4n) is 4.19. The summed E-state index contributed by atoms with van der Waals surface area (Å²) in [7, 11) is 4.07. The minimum atomic E-state index is -0.601. The molecule has 0 saturated heterocycles. The Hall–Kier alpha value is -2.47. The third-order valence-corrected chi connectivity index (χ3v) is 5.96. The molecule has 0 aliphatic carbocycles. The highest BCUT2D eigenvalue weighted by Crippen LogP contribution is 2.40. The summed E-state index contributed by atoms with van der Waals surface area (Å²) in [5, 5.41) is 1.69. The van der Waals surface area contributed by atoms with Crippen LogP contribution in [0.25, 0.3) is 22.0 Å². The summed E-state index contributed by atoms with van der Waals surface area (Å²) < 4.78 is 12.4. The lowest BCUT2D eigenvalue weighted by atomic mass is 9.88. The number of carbonyl (C=O) groups excluding carboxylic acids is 1. The van der Waals surface area contributed by atoms with Crippen LogP contribution < -0.4 is 0 Å². The average Bonchev–Trinajstić information content (AvgIpc) is 2.74. The molecule has 1 heterocycles. The molecular formula is C30H39ClN2O3. The summed E-state index contributed by atoms with van der Waals surface area (Å²) in [4.78, 5) is 19.7. The highest BCUT2D eigenvalue weighted by Gasteiger charge is 2.30. The van der Waals surface area contributed by atoms with Gasteiger partial charge < -0.3 is 14.4 Å². The van der Waals surface area contributed by atoms with Crippen molar-refractivity contribution in [2.24, 2.45) is 5.41 Å². The number of carbonyl (C=O) groups is 1. The van der Waals surface area contributed by atoms with Gasteiger partial charge in [0.15, 0.2) is 0 Å². The van der Waals surface area contributed by atoms with E-state index in [2.05, 4.69) is 30.0 Å². The van der Waals surface area contributed by atoms with E-state index >= 15 is 0 Å². The molecule has 3 aromatic rings. The summed E-state index contributed by atoms with van der Waals surface area (Å²) in [5.41, 5.74) is 4.92. The Morgan fingerprint density at radius 1 is 1.03 bits per heavy atom. The third kappa shape index (κ3) is 7.06. The van der Waals surface area contributed by atoms with Crippen LogP contribution in [0.2, 0.25) is 5.02 Å². The number of aromatic nitrogens is 1. The van der Waals surface area contributed by atoms with Gasteiger partial charge >= 0.3 is 5.97 Å². The molecule has 0 fully saturated rings. The van der Waals surface area contributed by atoms with Crippen LogP contribution in [0.1, 0.15) is 64.5 Å². The van der Waals surface area contributed by atoms with Gasteiger partial charge in [0.25, 0.3) is 0 Å². The number of halogens is 1. The Balaban J connectivity index is 2.25. The van der Waals surface area contributed by atoms with Gasteiger partial charge in [-0.05, 0) is 109 Å². The second kappa shape index (κ2) is 10.9. The first kappa shape index (κ1) is 28.1. The van der Waals surface area contributed by atoms with E-state index in [1.165, 1.54) is 0 Å². The molecule has 0 amide bonds. The van der Waals surface area contributed by atoms with Crippen LogP contribution in [0, 0.1) is 12.3 Å². The molecule has 5 nitrogen and oxygen atoms in total. The molecule has 0 bridgehead atoms. The van der Waals surface area contributed by atoms with E-state index in [4.69, 9.17) is 26.1 Å². The Labute approximate surface area is 220 Å². The number of aryl methyl sites for hydroxylation is 1. The summed E-state index contributed by atoms with van der Waals surface area (Å²) in [5.74, 6) is -0.258. The summed E-state index contributed by atoms with van der Waals surface area (Å²) >= 11 is 6.24. The van der Waals surface area contributed by atoms with Gasteiger partial charge in [-0.1, -0.05) is 29.8 Å². The number of rotatable bonds is 7. The van der Waals surface area contributed by atoms with Crippen LogP contribution in [0.3, 0.4) is 0 Å². The SMILES string of the molecule is Cc1cc2nc(CN(C)C)ccc2c(-c2ccc(Cl)cc2)c1[C@H](COC(=O)C(C)(C)C)OC(C)(C)C. The maximum absolute atomic E-state index is 12.7. The monoisotopic (exact) mass is 510 g/mol. The van der Waals surface area contributed by atoms with E-state index in [1.807, 2.05) is 79.9 Å². The highest BCUT2D eigenvalue weighted by molar-refractivity contribution is 6.30. The van der Waals surface area contributed by atoms with Crippen LogP contribution in [-0.4, -0.2) is 42.2 Å². The molecule has 0 saturated carbocycles. The molecule has 36 heavy (non-hydrogen) atoms. The largest absolute Gasteiger partial charge is 0.462 e. The standard InChI is InChI=1S/C30H39ClN2O3/c1-19-16-24-23(15-14-22(32-24)17-33(8)9)27(20-10-12-21(31)13-11-20)26(19)25(36-30(5,6)7)18-35-28(34)29(2,3)4/h10-16,25H,17-18H2,1-9H3/t25-/m0/s1. The molecule has 6 heteroatoms. The van der Waals surface area contributed by atoms with Gasteiger partial charge in [-0.2, -0.15) is 0 Å². The number of pyridine rings is 1. The van der Waals surface area contributed by atoms with Crippen molar-refractivity contribution < 1.29 is 14.3 Å². The van der Waals surface area contributed by atoms with Crippen molar-refractivity contribution in [1.82, 2.24) is 9.88 Å². The second-order valence-corrected chi connectivity index (χ2v) is 12.1. The normalized spacial score (nSPS) is 13.3. The number of nitrogens with zero attached hydrogens (tertiary/aromatic N) is 2. The lowest BCUT2D eigenvalue weighted by Gasteiger charge is -2.31. The third-order valence-electron chi connectivity index (χ3n) is 5.71. The number of hydrogen-bond donors (Lipinski definition) is 0. The smallest absolute Gasteiger partial charge is 0.311 e. The topological polar surface area (TPSA) is 51.7 Å². The maximum atomic E-state index is 12.7. The van der Waals surface area contributed by atoms with E-state index in [1.54, 1.807) is 0 Å². The Kier molecular flexibility index (Phi) is 8.49. The minimum absolute atomic E-state index is 0.118. The number of ether oxygens (including phenoxy) is 2. The average molecular weight is 511 g/mol. The fourth-order valence-corrected chi connectivity index (χ4v) is 4.32. The fraction of sp³-hybridized carbons (Fsp3) is 0.467. The highest BCUT2D eigenvalue weighted by atomic mass is 35.5. The van der Waals surface area contributed by atoms with Gasteiger partial charge in [0.1, 0.15) is 12.7 Å². The molecule has 194 valence electrons. The second-order valence-electron chi connectivity index (χ2n) is 11.7. The van der Waals surface area contributed by atoms with Crippen molar-refractivity contribution in [2.45, 2.75) is 66.7 Å². The van der Waals surface area contributed by atoms with Gasteiger partial charge in [-0.3, -0.25) is 9.78 Å². The van der Waals surface area contributed by atoms with Crippen molar-refractivity contribution in [1.29, 1.82) is 0 Å². The molecule has 1 atom stereocenters. The van der Waals surface area contributed by atoms with E-state index in [0.717, 1.165) is 45.4 Å². The lowest BCUT2D eigenvalue weighted by Crippen LogP contribution is -2.30. The zero-order valence-corrected chi connectivity index (χ0v) is 23.8. The van der Waals surface area contributed by atoms with Crippen molar-refractivity contribution in [3.8, 4) is 11.1 Å². The molecule has 0 unspecified atom stereocenters. The number of fused-ring (bicyclic) bond motifs is 1. The lowest BCUT2D eigenvalue weighted by molar-refractivity contribution is -0.162. The van der Waals surface area contributed by atoms with Crippen LogP contribution in [-0.2, 0) is 20.8 Å². The quantitative estimate of drug-likeness (QED) is 0.310. The summed E-state index contributed by atoms with van der Waals surface area (Å²) in [6.07, 6.45) is -0.465. The zero-order chi connectivity index (χ0) is 26.8. The van der Waals surface area contributed by atoms with Gasteiger partial charge in [0.05, 0.1) is 22.2 Å². The maximum Gasteiger partial charge on any atom is 0.311 e. The van der Waals surface area contributed by atoms with Crippen LogP contribution in [0.4, 0.5) is 0 Å². The van der Waals surface area contributed by atoms with Crippen molar-refractivity contribution in [3.63, 3.8) is 0 Å². The van der Waals surface area contributed by atoms with Gasteiger partial charge in [-0.15, -0.1) is 0 Å². The zero-order valence-electron chi connectivity index (χ0n) is 23.0. The summed E-state index contributed by atoms with van der Waals surface area (Å²) in [6, 6.07) is 14.1. The van der Waals surface area contributed by atoms with Gasteiger partial charge in [-0.25, -0.2) is 0 Å². The predicted octanol–water partition coefficient (Wildman–Crippen LogP) is 7.37. The minimum Gasteiger partial charge on any atom is -0.462 e. The first-order chi connectivity index (χ1) is 16.7. The molecule has 0 spiro atoms. The van der Waals surface area contributed by atoms with Gasteiger partial charge in [0.2, 0.25) is 0 Å². The van der Waals surface area contributed by atoms with E-state index in [9.17, 15) is 4.79 Å². The first-order valence-electron chi connectivity index (χ1n) is 12.3. The molecule has 0 aliphatic heterocycles. The Morgan fingerprint density at radius 3 is 2.22 bits per heavy atom. The molecule has 0 N–H and O–H groups in total. The molecule has 2 aromatic carbocycles. The molecule has 0 aliphatic rings. The first-order valence-corrected chi connectivity index (χ1v) is 12.7. The number of hydrogen-bond acceptors (Lipinski definition) is 5. The Morgan fingerprint density at radius 2 is 1.67 bits per heavy atom. The molecule has 3 rings (SSSR count). The van der Waals surface area contributed by atoms with Crippen molar-refractivity contribution >= 4 is 28.5 Å². The molecule has 1 aromatic heterocycles. The van der Waals surface area contributed by atoms with E-state index in [0.29, 0.717) is 5.02 Å². The molecule has 0 radical (unpaired) electrons. The number of esters is 1. The van der Waals surface area contributed by atoms with Crippen LogP contribution in [0.5, 0.6) is 0 Å². The number of benzene rings is 2. The predicted molar refractivity (Wildman–Crippen MR) is 148 cm³/mol. The molecular weight excluding hydrogens is 472 g/mol. The van der Waals surface area contributed by atoms with Crippen molar-refractivity contribution in [3.05, 3.63) is 64.3 Å². The van der Waals surface area contributed by atoms with Gasteiger partial charge in [0, 0.05) is 17.0 Å². The Bertz CT molecular complexity index is 1220. The van der Waals surface area contributed by atoms with Crippen molar-refractivity contribution in [2.75, 3.05) is 20.7 Å². The van der Waals surface area contributed by atoms with Crippen LogP contribution >= 0.6 is 11.6 Å². The van der Waals surface area contributed by atoms with Crippen LogP contribution in [0.15, 0.2) is 42.5 Å². The summed E-state index contributed by atoms with van der Waals surface area (Å²) in [6.45, 7) is 14.5.